The molecule has 3 rings (SSSR count). The molecule has 0 unspecified atom stereocenters. The number of rotatable bonds is 0. The summed E-state index contributed by atoms with van der Waals surface area (Å²) in [6.07, 6.45) is 3.51. The van der Waals surface area contributed by atoms with Gasteiger partial charge in [-0.3, -0.25) is 4.98 Å². The number of halogens is 2. The lowest BCUT2D eigenvalue weighted by molar-refractivity contribution is 0.956. The van der Waals surface area contributed by atoms with Gasteiger partial charge in [-0.05, 0) is 47.7 Å². The Morgan fingerprint density at radius 1 is 1.11 bits per heavy atom. The van der Waals surface area contributed by atoms with Crippen molar-refractivity contribution < 1.29 is 0 Å². The first-order valence-corrected chi connectivity index (χ1v) is 6.54. The number of nitrogens with zero attached hydrogens (tertiary/aromatic N) is 1. The van der Waals surface area contributed by atoms with Gasteiger partial charge in [-0.15, -0.1) is 0 Å². The lowest BCUT2D eigenvalue weighted by atomic mass is 9.99. The second kappa shape index (κ2) is 4.42. The van der Waals surface area contributed by atoms with Gasteiger partial charge in [0.05, 0.1) is 5.69 Å². The van der Waals surface area contributed by atoms with Crippen molar-refractivity contribution in [2.45, 2.75) is 12.8 Å². The van der Waals surface area contributed by atoms with Crippen LogP contribution in [0, 0.1) is 0 Å². The molecule has 0 atom stereocenters. The molecule has 1 aliphatic carbocycles. The van der Waals surface area contributed by atoms with Crippen molar-refractivity contribution in [2.75, 3.05) is 0 Å². The Bertz CT molecular complexity index is 647. The summed E-state index contributed by atoms with van der Waals surface area (Å²) in [5, 5.41) is 1.52. The van der Waals surface area contributed by atoms with Gasteiger partial charge in [0.15, 0.2) is 0 Å². The van der Waals surface area contributed by atoms with Crippen molar-refractivity contribution in [3.63, 3.8) is 0 Å². The Labute approximate surface area is 116 Å². The molecular formula is C15H11Cl2N. The van der Waals surface area contributed by atoms with Gasteiger partial charge in [0.2, 0.25) is 0 Å². The molecule has 0 aliphatic heterocycles. The largest absolute Gasteiger partial charge is 0.256 e. The molecule has 3 heteroatoms. The number of pyridine rings is 1. The van der Waals surface area contributed by atoms with Crippen LogP contribution in [-0.2, 0) is 12.8 Å². The first-order chi connectivity index (χ1) is 8.66. The second-order valence-electron chi connectivity index (χ2n) is 4.40. The van der Waals surface area contributed by atoms with Gasteiger partial charge in [0.25, 0.3) is 0 Å². The van der Waals surface area contributed by atoms with Gasteiger partial charge < -0.3 is 0 Å². The zero-order valence-corrected chi connectivity index (χ0v) is 11.2. The van der Waals surface area contributed by atoms with Crippen LogP contribution in [0.3, 0.4) is 0 Å². The highest BCUT2D eigenvalue weighted by atomic mass is 35.5. The van der Waals surface area contributed by atoms with Gasteiger partial charge in [-0.1, -0.05) is 35.8 Å². The van der Waals surface area contributed by atoms with E-state index in [0.29, 0.717) is 0 Å². The molecule has 0 saturated heterocycles. The molecule has 0 N–H and O–H groups in total. The predicted octanol–water partition coefficient (Wildman–Crippen LogP) is 4.55. The van der Waals surface area contributed by atoms with E-state index in [2.05, 4.69) is 11.6 Å². The molecule has 1 nitrogen and oxygen atoms in total. The van der Waals surface area contributed by atoms with Gasteiger partial charge in [-0.2, -0.15) is 0 Å². The standard InChI is InChI=1S/C15H11Cl2N/c1-9-12-5-3-11(16)8-10(12)2-4-13-14(17)6-7-18-15(9)13/h3,5-8H,1-2,4H2. The van der Waals surface area contributed by atoms with E-state index in [-0.39, 0.29) is 0 Å². The molecule has 2 aromatic rings. The molecule has 1 aromatic carbocycles. The van der Waals surface area contributed by atoms with Crippen LogP contribution >= 0.6 is 23.2 Å². The smallest absolute Gasteiger partial charge is 0.0749 e. The van der Waals surface area contributed by atoms with E-state index in [0.717, 1.165) is 45.3 Å². The zero-order chi connectivity index (χ0) is 12.7. The van der Waals surface area contributed by atoms with Crippen molar-refractivity contribution in [3.05, 3.63) is 69.5 Å². The minimum atomic E-state index is 0.756. The number of aryl methyl sites for hydroxylation is 1. The fourth-order valence-corrected chi connectivity index (χ4v) is 2.85. The first-order valence-electron chi connectivity index (χ1n) is 5.78. The lowest BCUT2D eigenvalue weighted by Crippen LogP contribution is -1.95. The summed E-state index contributed by atoms with van der Waals surface area (Å²) in [6, 6.07) is 7.73. The maximum atomic E-state index is 6.25. The molecule has 1 aliphatic rings. The molecule has 0 bridgehead atoms. The van der Waals surface area contributed by atoms with Gasteiger partial charge in [0, 0.05) is 21.8 Å². The highest BCUT2D eigenvalue weighted by molar-refractivity contribution is 6.31. The SMILES string of the molecule is C=C1c2ccc(Cl)cc2CCc2c(Cl)ccnc21. The third-order valence-corrected chi connectivity index (χ3v) is 3.91. The predicted molar refractivity (Wildman–Crippen MR) is 76.2 cm³/mol. The van der Waals surface area contributed by atoms with Crippen LogP contribution in [0.2, 0.25) is 10.0 Å². The normalized spacial score (nSPS) is 13.8. The first kappa shape index (κ1) is 11.8. The Hall–Kier alpha value is -1.31. The summed E-state index contributed by atoms with van der Waals surface area (Å²) in [5.74, 6) is 0. The van der Waals surface area contributed by atoms with Crippen LogP contribution in [0.5, 0.6) is 0 Å². The number of benzene rings is 1. The van der Waals surface area contributed by atoms with Gasteiger partial charge >= 0.3 is 0 Å². The van der Waals surface area contributed by atoms with Crippen LogP contribution in [-0.4, -0.2) is 4.98 Å². The zero-order valence-electron chi connectivity index (χ0n) is 9.71. The average molecular weight is 276 g/mol. The Morgan fingerprint density at radius 2 is 1.94 bits per heavy atom. The minimum Gasteiger partial charge on any atom is -0.256 e. The van der Waals surface area contributed by atoms with Crippen molar-refractivity contribution in [1.82, 2.24) is 4.98 Å². The Kier molecular flexibility index (Phi) is 2.89. The summed E-state index contributed by atoms with van der Waals surface area (Å²) in [6.45, 7) is 4.16. The molecule has 0 amide bonds. The molecule has 1 heterocycles. The number of fused-ring (bicyclic) bond motifs is 2. The van der Waals surface area contributed by atoms with E-state index in [9.17, 15) is 0 Å². The monoisotopic (exact) mass is 275 g/mol. The Morgan fingerprint density at radius 3 is 2.78 bits per heavy atom. The molecule has 0 fully saturated rings. The number of aromatic nitrogens is 1. The molecular weight excluding hydrogens is 265 g/mol. The summed E-state index contributed by atoms with van der Waals surface area (Å²) in [4.78, 5) is 4.43. The summed E-state index contributed by atoms with van der Waals surface area (Å²) in [5.41, 5.74) is 5.24. The maximum absolute atomic E-state index is 6.25. The molecule has 0 radical (unpaired) electrons. The fourth-order valence-electron chi connectivity index (χ4n) is 2.42. The van der Waals surface area contributed by atoms with Crippen LogP contribution in [0.15, 0.2) is 37.0 Å². The summed E-state index contributed by atoms with van der Waals surface area (Å²) < 4.78 is 0. The number of hydrogen-bond donors (Lipinski definition) is 0. The maximum Gasteiger partial charge on any atom is 0.0749 e. The van der Waals surface area contributed by atoms with Crippen LogP contribution in [0.25, 0.3) is 5.57 Å². The topological polar surface area (TPSA) is 12.9 Å². The van der Waals surface area contributed by atoms with E-state index in [1.54, 1.807) is 6.20 Å². The third kappa shape index (κ3) is 1.84. The van der Waals surface area contributed by atoms with Gasteiger partial charge in [-0.25, -0.2) is 0 Å². The minimum absolute atomic E-state index is 0.756. The Balaban J connectivity index is 2.22. The fraction of sp³-hybridized carbons (Fsp3) is 0.133. The van der Waals surface area contributed by atoms with Crippen LogP contribution in [0.1, 0.15) is 22.4 Å². The van der Waals surface area contributed by atoms with Crippen molar-refractivity contribution in [1.29, 1.82) is 0 Å². The van der Waals surface area contributed by atoms with Crippen molar-refractivity contribution in [2.24, 2.45) is 0 Å². The highest BCUT2D eigenvalue weighted by Gasteiger charge is 2.19. The molecule has 18 heavy (non-hydrogen) atoms. The molecule has 0 saturated carbocycles. The van der Waals surface area contributed by atoms with Gasteiger partial charge in [0.1, 0.15) is 0 Å². The molecule has 0 spiro atoms. The average Bonchev–Trinajstić information content (AvgIpc) is 2.49. The van der Waals surface area contributed by atoms with E-state index in [1.807, 2.05) is 24.3 Å². The second-order valence-corrected chi connectivity index (χ2v) is 5.24. The number of hydrogen-bond acceptors (Lipinski definition) is 1. The third-order valence-electron chi connectivity index (χ3n) is 3.32. The van der Waals surface area contributed by atoms with E-state index < -0.39 is 0 Å². The van der Waals surface area contributed by atoms with Crippen LogP contribution in [0.4, 0.5) is 0 Å². The van der Waals surface area contributed by atoms with Crippen LogP contribution < -0.4 is 0 Å². The van der Waals surface area contributed by atoms with E-state index in [1.165, 1.54) is 5.56 Å². The quantitative estimate of drug-likeness (QED) is 0.688. The lowest BCUT2D eigenvalue weighted by Gasteiger charge is -2.09. The summed E-state index contributed by atoms with van der Waals surface area (Å²) >= 11 is 12.3. The highest BCUT2D eigenvalue weighted by Crippen LogP contribution is 2.34. The van der Waals surface area contributed by atoms with E-state index in [4.69, 9.17) is 23.2 Å². The summed E-state index contributed by atoms with van der Waals surface area (Å²) in [7, 11) is 0. The van der Waals surface area contributed by atoms with Crippen molar-refractivity contribution >= 4 is 28.8 Å². The van der Waals surface area contributed by atoms with E-state index >= 15 is 0 Å². The molecule has 1 aromatic heterocycles. The molecule has 90 valence electrons. The van der Waals surface area contributed by atoms with Crippen molar-refractivity contribution in [3.8, 4) is 0 Å².